The van der Waals surface area contributed by atoms with E-state index in [1.807, 2.05) is 6.07 Å². The molecule has 0 N–H and O–H groups in total. The Bertz CT molecular complexity index is 1010. The highest BCUT2D eigenvalue weighted by Gasteiger charge is 2.34. The third-order valence-corrected chi connectivity index (χ3v) is 6.89. The molecule has 7 heteroatoms. The lowest BCUT2D eigenvalue weighted by Crippen LogP contribution is -2.48. The number of pyridine rings is 1. The molecule has 164 valence electrons. The van der Waals surface area contributed by atoms with Crippen molar-refractivity contribution in [3.8, 4) is 0 Å². The summed E-state index contributed by atoms with van der Waals surface area (Å²) in [6, 6.07) is 10.8. The van der Waals surface area contributed by atoms with Crippen LogP contribution in [0.3, 0.4) is 0 Å². The van der Waals surface area contributed by atoms with Gasteiger partial charge < -0.3 is 14.1 Å². The van der Waals surface area contributed by atoms with Crippen molar-refractivity contribution in [2.45, 2.75) is 25.4 Å². The van der Waals surface area contributed by atoms with Gasteiger partial charge in [0.2, 0.25) is 0 Å². The minimum atomic E-state index is 0.321. The summed E-state index contributed by atoms with van der Waals surface area (Å²) in [7, 11) is 0. The molecule has 2 aliphatic heterocycles. The number of nitrogens with zero attached hydrogens (tertiary/aromatic N) is 5. The van der Waals surface area contributed by atoms with Crippen molar-refractivity contribution in [1.29, 1.82) is 0 Å². The molecule has 6 rings (SSSR count). The number of imidazole rings is 1. The summed E-state index contributed by atoms with van der Waals surface area (Å²) < 4.78 is 13.5. The van der Waals surface area contributed by atoms with Crippen LogP contribution >= 0.6 is 0 Å². The second-order valence-corrected chi connectivity index (χ2v) is 9.15. The van der Waals surface area contributed by atoms with Crippen LogP contribution in [0.4, 0.5) is 5.82 Å². The lowest BCUT2D eigenvalue weighted by atomic mass is 10.1. The van der Waals surface area contributed by atoms with Crippen LogP contribution in [0.5, 0.6) is 0 Å². The highest BCUT2D eigenvalue weighted by Crippen LogP contribution is 2.35. The van der Waals surface area contributed by atoms with Crippen molar-refractivity contribution in [2.75, 3.05) is 57.4 Å². The van der Waals surface area contributed by atoms with Gasteiger partial charge in [-0.1, -0.05) is 6.07 Å². The summed E-state index contributed by atoms with van der Waals surface area (Å²) in [5.74, 6) is 3.13. The number of ether oxygens (including phenoxy) is 1. The van der Waals surface area contributed by atoms with Crippen molar-refractivity contribution in [2.24, 2.45) is 5.92 Å². The first-order chi connectivity index (χ1) is 15.3. The van der Waals surface area contributed by atoms with Gasteiger partial charge in [0.05, 0.1) is 37.8 Å². The van der Waals surface area contributed by atoms with E-state index in [1.54, 1.807) is 6.26 Å². The van der Waals surface area contributed by atoms with Crippen LogP contribution in [0.2, 0.25) is 0 Å². The Morgan fingerprint density at radius 2 is 1.90 bits per heavy atom. The molecule has 3 fully saturated rings. The van der Waals surface area contributed by atoms with E-state index < -0.39 is 0 Å². The standard InChI is InChI=1S/C24H31N5O2/c1-4-23-25-21(17-29(23)24(5-1)27-10-13-30-14-11-27)22-18-26(16-20-3-2-12-31-20)8-9-28(22)15-19-6-7-19/h1-5,12,17,19,22H,6-11,13-16,18H2/t22-/m1/s1. The molecule has 7 nitrogen and oxygen atoms in total. The molecular formula is C24H31N5O2. The number of morpholine rings is 1. The SMILES string of the molecule is c1coc(CN2CCN(CC3CC3)[C@@H](c3cn4c(N5CCOCC5)cccc4n3)C2)c1. The fourth-order valence-corrected chi connectivity index (χ4v) is 5.00. The van der Waals surface area contributed by atoms with Gasteiger partial charge in [0, 0.05) is 45.5 Å². The zero-order valence-electron chi connectivity index (χ0n) is 18.0. The predicted octanol–water partition coefficient (Wildman–Crippen LogP) is 3.03. The first-order valence-electron chi connectivity index (χ1n) is 11.6. The first kappa shape index (κ1) is 19.3. The second kappa shape index (κ2) is 8.30. The predicted molar refractivity (Wildman–Crippen MR) is 119 cm³/mol. The van der Waals surface area contributed by atoms with Crippen LogP contribution in [-0.4, -0.2) is 71.7 Å². The second-order valence-electron chi connectivity index (χ2n) is 9.15. The third-order valence-electron chi connectivity index (χ3n) is 6.89. The maximum absolute atomic E-state index is 5.62. The Balaban J connectivity index is 1.29. The fraction of sp³-hybridized carbons (Fsp3) is 0.542. The molecule has 0 bridgehead atoms. The molecule has 3 aromatic heterocycles. The highest BCUT2D eigenvalue weighted by molar-refractivity contribution is 5.53. The van der Waals surface area contributed by atoms with Gasteiger partial charge in [0.25, 0.3) is 0 Å². The third kappa shape index (κ3) is 4.10. The fourth-order valence-electron chi connectivity index (χ4n) is 5.00. The minimum Gasteiger partial charge on any atom is -0.468 e. The highest BCUT2D eigenvalue weighted by atomic mass is 16.5. The van der Waals surface area contributed by atoms with Crippen LogP contribution in [0.15, 0.2) is 47.2 Å². The number of piperazine rings is 1. The lowest BCUT2D eigenvalue weighted by Gasteiger charge is -2.40. The Kier molecular flexibility index (Phi) is 5.18. The molecule has 5 heterocycles. The van der Waals surface area contributed by atoms with Crippen molar-refractivity contribution in [3.63, 3.8) is 0 Å². The van der Waals surface area contributed by atoms with E-state index in [1.165, 1.54) is 30.9 Å². The smallest absolute Gasteiger partial charge is 0.138 e. The largest absolute Gasteiger partial charge is 0.468 e. The molecule has 0 spiro atoms. The van der Waals surface area contributed by atoms with E-state index in [0.717, 1.165) is 69.8 Å². The number of furan rings is 1. The molecule has 3 aliphatic rings. The average Bonchev–Trinajstić information content (AvgIpc) is 3.29. The van der Waals surface area contributed by atoms with Gasteiger partial charge in [-0.25, -0.2) is 4.98 Å². The van der Waals surface area contributed by atoms with Gasteiger partial charge in [0.1, 0.15) is 17.2 Å². The Morgan fingerprint density at radius 1 is 1.00 bits per heavy atom. The van der Waals surface area contributed by atoms with Crippen LogP contribution < -0.4 is 4.90 Å². The van der Waals surface area contributed by atoms with Crippen LogP contribution in [0.25, 0.3) is 5.65 Å². The average molecular weight is 422 g/mol. The molecule has 1 atom stereocenters. The van der Waals surface area contributed by atoms with Crippen molar-refractivity contribution < 1.29 is 9.15 Å². The van der Waals surface area contributed by atoms with E-state index >= 15 is 0 Å². The molecule has 0 unspecified atom stereocenters. The maximum Gasteiger partial charge on any atom is 0.138 e. The van der Waals surface area contributed by atoms with Crippen molar-refractivity contribution >= 4 is 11.5 Å². The van der Waals surface area contributed by atoms with Gasteiger partial charge in [-0.3, -0.25) is 14.2 Å². The number of aromatic nitrogens is 2. The monoisotopic (exact) mass is 421 g/mol. The van der Waals surface area contributed by atoms with E-state index in [-0.39, 0.29) is 0 Å². The molecule has 0 amide bonds. The Morgan fingerprint density at radius 3 is 2.71 bits per heavy atom. The van der Waals surface area contributed by atoms with Crippen LogP contribution in [0.1, 0.15) is 30.3 Å². The summed E-state index contributed by atoms with van der Waals surface area (Å²) in [6.45, 7) is 8.67. The van der Waals surface area contributed by atoms with E-state index in [4.69, 9.17) is 14.1 Å². The number of hydrogen-bond acceptors (Lipinski definition) is 6. The van der Waals surface area contributed by atoms with Gasteiger partial charge in [0.15, 0.2) is 0 Å². The zero-order valence-corrected chi connectivity index (χ0v) is 18.0. The zero-order chi connectivity index (χ0) is 20.6. The van der Waals surface area contributed by atoms with Crippen LogP contribution in [-0.2, 0) is 11.3 Å². The molecule has 0 radical (unpaired) electrons. The summed E-state index contributed by atoms with van der Waals surface area (Å²) in [4.78, 5) is 12.7. The number of rotatable bonds is 6. The van der Waals surface area contributed by atoms with Crippen molar-refractivity contribution in [3.05, 3.63) is 54.2 Å². The van der Waals surface area contributed by atoms with Crippen LogP contribution in [0, 0.1) is 5.92 Å². The molecule has 2 saturated heterocycles. The Hall–Kier alpha value is -2.35. The van der Waals surface area contributed by atoms with E-state index in [2.05, 4.69) is 49.6 Å². The molecular weight excluding hydrogens is 390 g/mol. The normalized spacial score (nSPS) is 23.6. The summed E-state index contributed by atoms with van der Waals surface area (Å²) in [5.41, 5.74) is 2.22. The van der Waals surface area contributed by atoms with Gasteiger partial charge >= 0.3 is 0 Å². The molecule has 1 aliphatic carbocycles. The van der Waals surface area contributed by atoms with Gasteiger partial charge in [-0.2, -0.15) is 0 Å². The summed E-state index contributed by atoms with van der Waals surface area (Å²) in [5, 5.41) is 0. The van der Waals surface area contributed by atoms with Gasteiger partial charge in [-0.05, 0) is 43.0 Å². The molecule has 1 saturated carbocycles. The number of hydrogen-bond donors (Lipinski definition) is 0. The molecule has 3 aromatic rings. The topological polar surface area (TPSA) is 49.4 Å². The Labute approximate surface area is 183 Å². The maximum atomic E-state index is 5.62. The van der Waals surface area contributed by atoms with Crippen molar-refractivity contribution in [1.82, 2.24) is 19.2 Å². The molecule has 0 aromatic carbocycles. The first-order valence-corrected chi connectivity index (χ1v) is 11.6. The lowest BCUT2D eigenvalue weighted by molar-refractivity contribution is 0.0602. The summed E-state index contributed by atoms with van der Waals surface area (Å²) >= 11 is 0. The summed E-state index contributed by atoms with van der Waals surface area (Å²) in [6.07, 6.45) is 6.81. The quantitative estimate of drug-likeness (QED) is 0.610. The number of fused-ring (bicyclic) bond motifs is 1. The minimum absolute atomic E-state index is 0.321. The van der Waals surface area contributed by atoms with E-state index in [0.29, 0.717) is 6.04 Å². The number of anilines is 1. The van der Waals surface area contributed by atoms with E-state index in [9.17, 15) is 0 Å². The molecule has 31 heavy (non-hydrogen) atoms. The van der Waals surface area contributed by atoms with Gasteiger partial charge in [-0.15, -0.1) is 0 Å².